The molecule has 0 radical (unpaired) electrons. The molecular weight excluding hydrogens is 252 g/mol. The van der Waals surface area contributed by atoms with Crippen LogP contribution in [-0.2, 0) is 4.79 Å². The number of nitrogens with two attached hydrogens (primary N) is 1. The van der Waals surface area contributed by atoms with E-state index in [1.807, 2.05) is 10.9 Å². The molecule has 0 saturated carbocycles. The predicted octanol–water partition coefficient (Wildman–Crippen LogP) is 2.80. The Morgan fingerprint density at radius 3 is 2.55 bits per heavy atom. The number of carbonyl (C=O) groups is 1. The summed E-state index contributed by atoms with van der Waals surface area (Å²) in [5.41, 5.74) is 6.38. The van der Waals surface area contributed by atoms with E-state index in [1.165, 1.54) is 0 Å². The lowest BCUT2D eigenvalue weighted by atomic mass is 9.88. The molecule has 1 amide bonds. The maximum Gasteiger partial charge on any atom is 0.224 e. The van der Waals surface area contributed by atoms with Gasteiger partial charge in [0.15, 0.2) is 0 Å². The van der Waals surface area contributed by atoms with Gasteiger partial charge in [-0.2, -0.15) is 5.10 Å². The summed E-state index contributed by atoms with van der Waals surface area (Å²) in [5.74, 6) is 1.13. The van der Waals surface area contributed by atoms with E-state index in [0.717, 1.165) is 18.5 Å². The molecule has 0 saturated heterocycles. The lowest BCUT2D eigenvalue weighted by Gasteiger charge is -2.19. The third kappa shape index (κ3) is 5.33. The molecule has 5 nitrogen and oxygen atoms in total. The lowest BCUT2D eigenvalue weighted by Crippen LogP contribution is -2.18. The molecule has 20 heavy (non-hydrogen) atoms. The van der Waals surface area contributed by atoms with E-state index in [2.05, 4.69) is 38.1 Å². The zero-order valence-electron chi connectivity index (χ0n) is 13.1. The number of hydrogen-bond donors (Lipinski definition) is 2. The van der Waals surface area contributed by atoms with Gasteiger partial charge in [-0.3, -0.25) is 9.48 Å². The Morgan fingerprint density at radius 2 is 2.05 bits per heavy atom. The number of carbonyl (C=O) groups excluding carboxylic acids is 1. The molecule has 3 N–H and O–H groups in total. The fourth-order valence-electron chi connectivity index (χ4n) is 2.25. The van der Waals surface area contributed by atoms with Crippen LogP contribution in [0.2, 0.25) is 0 Å². The van der Waals surface area contributed by atoms with Crippen molar-refractivity contribution < 1.29 is 4.79 Å². The molecule has 0 aliphatic heterocycles. The van der Waals surface area contributed by atoms with E-state index in [-0.39, 0.29) is 5.91 Å². The number of nitrogens with zero attached hydrogens (tertiary/aromatic N) is 2. The van der Waals surface area contributed by atoms with E-state index in [4.69, 9.17) is 5.73 Å². The highest BCUT2D eigenvalue weighted by Crippen LogP contribution is 2.20. The molecule has 0 bridgehead atoms. The summed E-state index contributed by atoms with van der Waals surface area (Å²) in [6.07, 6.45) is 5.96. The van der Waals surface area contributed by atoms with Crippen molar-refractivity contribution in [1.82, 2.24) is 9.78 Å². The standard InChI is InChI=1S/C15H28N4O/c1-11(2)13(7-8-16)5-6-15(20)18-14-9-17-19(10-14)12(3)4/h9-13H,5-8,16H2,1-4H3,(H,18,20). The molecule has 0 spiro atoms. The van der Waals surface area contributed by atoms with Crippen LogP contribution in [0.5, 0.6) is 0 Å². The van der Waals surface area contributed by atoms with E-state index >= 15 is 0 Å². The first-order chi connectivity index (χ1) is 9.43. The minimum Gasteiger partial charge on any atom is -0.330 e. The van der Waals surface area contributed by atoms with Gasteiger partial charge in [0.25, 0.3) is 0 Å². The largest absolute Gasteiger partial charge is 0.330 e. The second-order valence-electron chi connectivity index (χ2n) is 5.97. The van der Waals surface area contributed by atoms with Crippen molar-refractivity contribution >= 4 is 11.6 Å². The SMILES string of the molecule is CC(C)C(CCN)CCC(=O)Nc1cnn(C(C)C)c1. The summed E-state index contributed by atoms with van der Waals surface area (Å²) in [5, 5.41) is 7.11. The van der Waals surface area contributed by atoms with Crippen LogP contribution in [0.1, 0.15) is 53.0 Å². The summed E-state index contributed by atoms with van der Waals surface area (Å²) in [6, 6.07) is 0.301. The summed E-state index contributed by atoms with van der Waals surface area (Å²) in [6.45, 7) is 9.17. The van der Waals surface area contributed by atoms with Crippen LogP contribution in [0, 0.1) is 11.8 Å². The normalized spacial score (nSPS) is 12.9. The van der Waals surface area contributed by atoms with E-state index in [9.17, 15) is 4.79 Å². The van der Waals surface area contributed by atoms with Crippen LogP contribution in [0.4, 0.5) is 5.69 Å². The fraction of sp³-hybridized carbons (Fsp3) is 0.733. The first kappa shape index (κ1) is 16.7. The molecule has 1 aromatic rings. The number of nitrogens with one attached hydrogen (secondary N) is 1. The van der Waals surface area contributed by atoms with Crippen LogP contribution in [0.3, 0.4) is 0 Å². The van der Waals surface area contributed by atoms with Crippen molar-refractivity contribution in [2.75, 3.05) is 11.9 Å². The van der Waals surface area contributed by atoms with Gasteiger partial charge in [0.1, 0.15) is 0 Å². The molecular formula is C15H28N4O. The number of rotatable bonds is 8. The Bertz CT molecular complexity index is 412. The van der Waals surface area contributed by atoms with Gasteiger partial charge in [0, 0.05) is 18.7 Å². The topological polar surface area (TPSA) is 72.9 Å². The van der Waals surface area contributed by atoms with Gasteiger partial charge < -0.3 is 11.1 Å². The summed E-state index contributed by atoms with van der Waals surface area (Å²) in [4.78, 5) is 11.9. The maximum absolute atomic E-state index is 11.9. The van der Waals surface area contributed by atoms with E-state index in [0.29, 0.717) is 30.8 Å². The third-order valence-electron chi connectivity index (χ3n) is 3.64. The smallest absolute Gasteiger partial charge is 0.224 e. The van der Waals surface area contributed by atoms with Crippen LogP contribution < -0.4 is 11.1 Å². The minimum atomic E-state index is 0.0518. The molecule has 1 aromatic heterocycles. The van der Waals surface area contributed by atoms with Crippen molar-refractivity contribution in [2.45, 2.75) is 53.0 Å². The molecule has 1 heterocycles. The molecule has 0 fully saturated rings. The second-order valence-corrected chi connectivity index (χ2v) is 5.97. The van der Waals surface area contributed by atoms with Gasteiger partial charge in [-0.1, -0.05) is 13.8 Å². The van der Waals surface area contributed by atoms with Crippen LogP contribution in [0.25, 0.3) is 0 Å². The quantitative estimate of drug-likeness (QED) is 0.769. The zero-order valence-corrected chi connectivity index (χ0v) is 13.1. The van der Waals surface area contributed by atoms with Crippen LogP contribution >= 0.6 is 0 Å². The second kappa shape index (κ2) is 8.04. The van der Waals surface area contributed by atoms with E-state index in [1.54, 1.807) is 6.20 Å². The predicted molar refractivity (Wildman–Crippen MR) is 82.5 cm³/mol. The summed E-state index contributed by atoms with van der Waals surface area (Å²) >= 11 is 0. The third-order valence-corrected chi connectivity index (χ3v) is 3.64. The Labute approximate surface area is 121 Å². The molecule has 1 unspecified atom stereocenters. The monoisotopic (exact) mass is 280 g/mol. The average molecular weight is 280 g/mol. The minimum absolute atomic E-state index is 0.0518. The van der Waals surface area contributed by atoms with Gasteiger partial charge >= 0.3 is 0 Å². The van der Waals surface area contributed by atoms with Gasteiger partial charge in [0.2, 0.25) is 5.91 Å². The molecule has 0 aliphatic rings. The highest BCUT2D eigenvalue weighted by Gasteiger charge is 2.14. The highest BCUT2D eigenvalue weighted by atomic mass is 16.1. The molecule has 0 aliphatic carbocycles. The summed E-state index contributed by atoms with van der Waals surface area (Å²) < 4.78 is 1.83. The Balaban J connectivity index is 2.42. The van der Waals surface area contributed by atoms with Crippen molar-refractivity contribution in [3.05, 3.63) is 12.4 Å². The summed E-state index contributed by atoms with van der Waals surface area (Å²) in [7, 11) is 0. The van der Waals surface area contributed by atoms with Crippen LogP contribution in [0.15, 0.2) is 12.4 Å². The van der Waals surface area contributed by atoms with Gasteiger partial charge in [0.05, 0.1) is 11.9 Å². The van der Waals surface area contributed by atoms with Gasteiger partial charge in [-0.05, 0) is 45.1 Å². The van der Waals surface area contributed by atoms with E-state index < -0.39 is 0 Å². The van der Waals surface area contributed by atoms with Crippen molar-refractivity contribution in [3.63, 3.8) is 0 Å². The van der Waals surface area contributed by atoms with Crippen molar-refractivity contribution in [1.29, 1.82) is 0 Å². The first-order valence-electron chi connectivity index (χ1n) is 7.48. The number of amides is 1. The number of hydrogen-bond acceptors (Lipinski definition) is 3. The molecule has 1 atom stereocenters. The maximum atomic E-state index is 11.9. The Hall–Kier alpha value is -1.36. The number of aromatic nitrogens is 2. The van der Waals surface area contributed by atoms with Crippen molar-refractivity contribution in [2.24, 2.45) is 17.6 Å². The Kier molecular flexibility index (Phi) is 6.71. The molecule has 1 rings (SSSR count). The lowest BCUT2D eigenvalue weighted by molar-refractivity contribution is -0.116. The Morgan fingerprint density at radius 1 is 1.35 bits per heavy atom. The number of anilines is 1. The molecule has 5 heteroatoms. The zero-order chi connectivity index (χ0) is 15.1. The van der Waals surface area contributed by atoms with Gasteiger partial charge in [-0.15, -0.1) is 0 Å². The first-order valence-corrected chi connectivity index (χ1v) is 7.48. The average Bonchev–Trinajstić information content (AvgIpc) is 2.82. The molecule has 0 aromatic carbocycles. The highest BCUT2D eigenvalue weighted by molar-refractivity contribution is 5.90. The fourth-order valence-corrected chi connectivity index (χ4v) is 2.25. The van der Waals surface area contributed by atoms with Crippen molar-refractivity contribution in [3.8, 4) is 0 Å². The molecule has 114 valence electrons. The van der Waals surface area contributed by atoms with Gasteiger partial charge in [-0.25, -0.2) is 0 Å². The van der Waals surface area contributed by atoms with Crippen LogP contribution in [-0.4, -0.2) is 22.2 Å².